The second kappa shape index (κ2) is 7.19. The van der Waals surface area contributed by atoms with Crippen LogP contribution in [0.4, 0.5) is 0 Å². The first kappa shape index (κ1) is 15.5. The lowest BCUT2D eigenvalue weighted by atomic mass is 9.81. The van der Waals surface area contributed by atoms with E-state index < -0.39 is 5.97 Å². The van der Waals surface area contributed by atoms with Crippen molar-refractivity contribution < 1.29 is 14.7 Å². The number of rotatable bonds is 6. The summed E-state index contributed by atoms with van der Waals surface area (Å²) >= 11 is 0. The quantitative estimate of drug-likeness (QED) is 0.824. The molecule has 1 aliphatic rings. The van der Waals surface area contributed by atoms with Gasteiger partial charge in [0.2, 0.25) is 5.91 Å². The number of hydrogen-bond donors (Lipinski definition) is 2. The number of amides is 1. The van der Waals surface area contributed by atoms with Gasteiger partial charge in [0.05, 0.1) is 6.20 Å². The Kier molecular flexibility index (Phi) is 5.30. The lowest BCUT2D eigenvalue weighted by Crippen LogP contribution is -2.30. The molecule has 2 rings (SSSR count). The summed E-state index contributed by atoms with van der Waals surface area (Å²) in [5, 5.41) is 18.6. The van der Waals surface area contributed by atoms with E-state index >= 15 is 0 Å². The summed E-state index contributed by atoms with van der Waals surface area (Å²) in [5.41, 5.74) is -0.154. The molecule has 0 spiro atoms. The summed E-state index contributed by atoms with van der Waals surface area (Å²) < 4.78 is 1.24. The van der Waals surface area contributed by atoms with Gasteiger partial charge < -0.3 is 10.4 Å². The van der Waals surface area contributed by atoms with E-state index in [-0.39, 0.29) is 18.1 Å². The van der Waals surface area contributed by atoms with E-state index in [2.05, 4.69) is 22.6 Å². The molecule has 2 N–H and O–H groups in total. The van der Waals surface area contributed by atoms with Crippen molar-refractivity contribution in [1.29, 1.82) is 0 Å². The third kappa shape index (κ3) is 4.84. The maximum absolute atomic E-state index is 11.7. The molecule has 1 aromatic rings. The fourth-order valence-corrected chi connectivity index (χ4v) is 2.71. The number of aromatic carboxylic acids is 1. The first-order valence-electron chi connectivity index (χ1n) is 7.44. The predicted octanol–water partition coefficient (Wildman–Crippen LogP) is 1.31. The van der Waals surface area contributed by atoms with Crippen molar-refractivity contribution in [3.05, 3.63) is 11.9 Å². The largest absolute Gasteiger partial charge is 0.476 e. The second-order valence-corrected chi connectivity index (χ2v) is 5.87. The molecule has 0 radical (unpaired) electrons. The summed E-state index contributed by atoms with van der Waals surface area (Å²) in [7, 11) is 0. The van der Waals surface area contributed by atoms with E-state index in [0.29, 0.717) is 12.5 Å². The highest BCUT2D eigenvalue weighted by Gasteiger charge is 2.18. The van der Waals surface area contributed by atoms with Crippen molar-refractivity contribution in [3.63, 3.8) is 0 Å². The normalized spacial score (nSPS) is 22.0. The minimum Gasteiger partial charge on any atom is -0.476 e. The van der Waals surface area contributed by atoms with E-state index in [0.717, 1.165) is 12.3 Å². The summed E-state index contributed by atoms with van der Waals surface area (Å²) in [5.74, 6) is 0.243. The van der Waals surface area contributed by atoms with Crippen molar-refractivity contribution in [3.8, 4) is 0 Å². The standard InChI is InChI=1S/C14H22N4O3/c1-10-2-4-11(5-3-10)6-7-15-13(19)9-18-8-12(14(20)21)16-17-18/h8,10-11H,2-7,9H2,1H3,(H,15,19)(H,20,21). The molecule has 116 valence electrons. The van der Waals surface area contributed by atoms with E-state index in [4.69, 9.17) is 5.11 Å². The van der Waals surface area contributed by atoms with E-state index in [1.165, 1.54) is 36.6 Å². The van der Waals surface area contributed by atoms with Gasteiger partial charge in [0.15, 0.2) is 5.69 Å². The van der Waals surface area contributed by atoms with Crippen LogP contribution >= 0.6 is 0 Å². The van der Waals surface area contributed by atoms with Crippen LogP contribution in [0.1, 0.15) is 49.5 Å². The molecule has 7 heteroatoms. The van der Waals surface area contributed by atoms with Crippen molar-refractivity contribution in [2.45, 2.75) is 45.6 Å². The highest BCUT2D eigenvalue weighted by Crippen LogP contribution is 2.29. The molecular formula is C14H22N4O3. The fourth-order valence-electron chi connectivity index (χ4n) is 2.71. The van der Waals surface area contributed by atoms with Gasteiger partial charge in [-0.25, -0.2) is 9.48 Å². The third-order valence-corrected chi connectivity index (χ3v) is 4.07. The number of carboxylic acids is 1. The zero-order chi connectivity index (χ0) is 15.2. The zero-order valence-corrected chi connectivity index (χ0v) is 12.3. The molecule has 0 bridgehead atoms. The van der Waals surface area contributed by atoms with E-state index in [1.807, 2.05) is 0 Å². The zero-order valence-electron chi connectivity index (χ0n) is 12.3. The van der Waals surface area contributed by atoms with Crippen LogP contribution < -0.4 is 5.32 Å². The Morgan fingerprint density at radius 3 is 2.71 bits per heavy atom. The highest BCUT2D eigenvalue weighted by atomic mass is 16.4. The Morgan fingerprint density at radius 1 is 1.38 bits per heavy atom. The van der Waals surface area contributed by atoms with Gasteiger partial charge in [-0.05, 0) is 18.3 Å². The Hall–Kier alpha value is -1.92. The van der Waals surface area contributed by atoms with Gasteiger partial charge in [-0.15, -0.1) is 5.10 Å². The van der Waals surface area contributed by atoms with Crippen molar-refractivity contribution in [2.75, 3.05) is 6.54 Å². The maximum Gasteiger partial charge on any atom is 0.358 e. The molecular weight excluding hydrogens is 272 g/mol. The Balaban J connectivity index is 1.66. The molecule has 1 saturated carbocycles. The summed E-state index contributed by atoms with van der Waals surface area (Å²) in [6.45, 7) is 2.96. The molecule has 0 saturated heterocycles. The molecule has 21 heavy (non-hydrogen) atoms. The summed E-state index contributed by atoms with van der Waals surface area (Å²) in [6.07, 6.45) is 7.34. The van der Waals surface area contributed by atoms with Crippen molar-refractivity contribution in [1.82, 2.24) is 20.3 Å². The van der Waals surface area contributed by atoms with Gasteiger partial charge in [0.1, 0.15) is 6.54 Å². The highest BCUT2D eigenvalue weighted by molar-refractivity contribution is 5.84. The van der Waals surface area contributed by atoms with Crippen LogP contribution in [0.15, 0.2) is 6.20 Å². The van der Waals surface area contributed by atoms with Crippen molar-refractivity contribution >= 4 is 11.9 Å². The average Bonchev–Trinajstić information content (AvgIpc) is 2.90. The van der Waals surface area contributed by atoms with Gasteiger partial charge in [-0.3, -0.25) is 4.79 Å². The molecule has 1 heterocycles. The Bertz CT molecular complexity index is 492. The van der Waals surface area contributed by atoms with E-state index in [1.54, 1.807) is 0 Å². The average molecular weight is 294 g/mol. The molecule has 0 unspecified atom stereocenters. The third-order valence-electron chi connectivity index (χ3n) is 4.07. The first-order valence-corrected chi connectivity index (χ1v) is 7.44. The summed E-state index contributed by atoms with van der Waals surface area (Å²) in [6, 6.07) is 0. The van der Waals surface area contributed by atoms with Crippen LogP contribution in [-0.4, -0.2) is 38.5 Å². The van der Waals surface area contributed by atoms with Crippen LogP contribution in [0, 0.1) is 11.8 Å². The van der Waals surface area contributed by atoms with Crippen LogP contribution in [-0.2, 0) is 11.3 Å². The molecule has 1 aromatic heterocycles. The lowest BCUT2D eigenvalue weighted by Gasteiger charge is -2.26. The SMILES string of the molecule is CC1CCC(CCNC(=O)Cn2cc(C(=O)O)nn2)CC1. The van der Waals surface area contributed by atoms with Crippen LogP contribution in [0.2, 0.25) is 0 Å². The maximum atomic E-state index is 11.7. The number of carbonyl (C=O) groups is 2. The van der Waals surface area contributed by atoms with Gasteiger partial charge in [-0.2, -0.15) is 0 Å². The number of carbonyl (C=O) groups excluding carboxylic acids is 1. The number of hydrogen-bond acceptors (Lipinski definition) is 4. The Morgan fingerprint density at radius 2 is 2.10 bits per heavy atom. The van der Waals surface area contributed by atoms with Gasteiger partial charge >= 0.3 is 5.97 Å². The van der Waals surface area contributed by atoms with Crippen molar-refractivity contribution in [2.24, 2.45) is 11.8 Å². The topological polar surface area (TPSA) is 97.1 Å². The second-order valence-electron chi connectivity index (χ2n) is 5.87. The minimum absolute atomic E-state index is 0.00197. The molecule has 7 nitrogen and oxygen atoms in total. The van der Waals surface area contributed by atoms with Gasteiger partial charge in [0.25, 0.3) is 0 Å². The number of aromatic nitrogens is 3. The predicted molar refractivity (Wildman–Crippen MR) is 75.7 cm³/mol. The molecule has 1 fully saturated rings. The lowest BCUT2D eigenvalue weighted by molar-refractivity contribution is -0.121. The number of nitrogens with zero attached hydrogens (tertiary/aromatic N) is 3. The molecule has 1 aliphatic carbocycles. The van der Waals surface area contributed by atoms with Crippen LogP contribution in [0.25, 0.3) is 0 Å². The monoisotopic (exact) mass is 294 g/mol. The van der Waals surface area contributed by atoms with Crippen LogP contribution in [0.3, 0.4) is 0 Å². The first-order chi connectivity index (χ1) is 10.0. The Labute approximate surface area is 123 Å². The fraction of sp³-hybridized carbons (Fsp3) is 0.714. The number of nitrogens with one attached hydrogen (secondary N) is 1. The van der Waals surface area contributed by atoms with Gasteiger partial charge in [-0.1, -0.05) is 37.8 Å². The summed E-state index contributed by atoms with van der Waals surface area (Å²) in [4.78, 5) is 22.4. The van der Waals surface area contributed by atoms with E-state index in [9.17, 15) is 9.59 Å². The number of carboxylic acid groups (broad SMARTS) is 1. The molecule has 0 aliphatic heterocycles. The minimum atomic E-state index is -1.15. The molecule has 0 aromatic carbocycles. The van der Waals surface area contributed by atoms with Crippen LogP contribution in [0.5, 0.6) is 0 Å². The van der Waals surface area contributed by atoms with Gasteiger partial charge in [0, 0.05) is 6.54 Å². The molecule has 1 amide bonds. The smallest absolute Gasteiger partial charge is 0.358 e. The molecule has 0 atom stereocenters.